The number of nitrogens with zero attached hydrogens (tertiary/aromatic N) is 7. The number of rotatable bonds is 4. The molecule has 2 aliphatic rings. The van der Waals surface area contributed by atoms with Gasteiger partial charge in [-0.15, -0.1) is 5.10 Å². The molecule has 1 aliphatic carbocycles. The number of carbonyl (C=O) groups is 1. The summed E-state index contributed by atoms with van der Waals surface area (Å²) in [5, 5.41) is 20.3. The van der Waals surface area contributed by atoms with Crippen LogP contribution in [0.5, 0.6) is 0 Å². The van der Waals surface area contributed by atoms with E-state index in [0.717, 1.165) is 55.8 Å². The lowest BCUT2D eigenvalue weighted by molar-refractivity contribution is -0.132. The van der Waals surface area contributed by atoms with Crippen LogP contribution in [0.4, 0.5) is 0 Å². The molecule has 2 heterocycles. The quantitative estimate of drug-likeness (QED) is 0.642. The van der Waals surface area contributed by atoms with Crippen LogP contribution in [0.2, 0.25) is 0 Å². The van der Waals surface area contributed by atoms with Gasteiger partial charge in [0, 0.05) is 32.2 Å². The van der Waals surface area contributed by atoms with Crippen LogP contribution in [0.15, 0.2) is 48.8 Å². The van der Waals surface area contributed by atoms with Crippen molar-refractivity contribution in [3.05, 3.63) is 71.0 Å². The van der Waals surface area contributed by atoms with Gasteiger partial charge in [-0.2, -0.15) is 5.26 Å². The monoisotopic (exact) mass is 413 g/mol. The number of carbonyl (C=O) groups excluding carboxylic acids is 1. The van der Waals surface area contributed by atoms with Gasteiger partial charge in [-0.05, 0) is 64.2 Å². The van der Waals surface area contributed by atoms with Crippen LogP contribution in [0, 0.1) is 11.3 Å². The number of fused-ring (bicyclic) bond motifs is 1. The van der Waals surface area contributed by atoms with Crippen LogP contribution in [0.25, 0.3) is 5.69 Å². The van der Waals surface area contributed by atoms with Gasteiger partial charge in [0.15, 0.2) is 0 Å². The summed E-state index contributed by atoms with van der Waals surface area (Å²) in [4.78, 5) is 17.3. The van der Waals surface area contributed by atoms with E-state index in [4.69, 9.17) is 5.26 Å². The lowest BCUT2D eigenvalue weighted by atomic mass is 10.1. The third-order valence-corrected chi connectivity index (χ3v) is 6.34. The predicted octanol–water partition coefficient (Wildman–Crippen LogP) is 1.39. The second-order valence-corrected chi connectivity index (χ2v) is 8.17. The summed E-state index contributed by atoms with van der Waals surface area (Å²) < 4.78 is 1.59. The molecule has 3 aromatic rings. The van der Waals surface area contributed by atoms with Crippen molar-refractivity contribution < 1.29 is 4.79 Å². The molecule has 1 amide bonds. The minimum Gasteiger partial charge on any atom is -0.340 e. The Hall–Kier alpha value is -3.57. The summed E-state index contributed by atoms with van der Waals surface area (Å²) in [6.07, 6.45) is 3.97. The van der Waals surface area contributed by atoms with E-state index < -0.39 is 0 Å². The van der Waals surface area contributed by atoms with E-state index in [2.05, 4.69) is 32.6 Å². The van der Waals surface area contributed by atoms with Crippen molar-refractivity contribution in [1.82, 2.24) is 30.0 Å². The van der Waals surface area contributed by atoms with Crippen LogP contribution in [0.3, 0.4) is 0 Å². The summed E-state index contributed by atoms with van der Waals surface area (Å²) in [6.45, 7) is 3.32. The molecule has 8 heteroatoms. The lowest BCUT2D eigenvalue weighted by Gasteiger charge is -2.38. The largest absolute Gasteiger partial charge is 0.340 e. The van der Waals surface area contributed by atoms with Crippen molar-refractivity contribution in [3.8, 4) is 11.8 Å². The Labute approximate surface area is 180 Å². The van der Waals surface area contributed by atoms with Crippen molar-refractivity contribution in [2.75, 3.05) is 26.2 Å². The number of piperazine rings is 1. The van der Waals surface area contributed by atoms with Crippen LogP contribution in [0.1, 0.15) is 22.3 Å². The van der Waals surface area contributed by atoms with Gasteiger partial charge in [0.25, 0.3) is 0 Å². The lowest BCUT2D eigenvalue weighted by Crippen LogP contribution is -2.52. The molecule has 1 aromatic heterocycles. The molecule has 31 heavy (non-hydrogen) atoms. The molecule has 0 radical (unpaired) electrons. The Morgan fingerprint density at radius 1 is 1.03 bits per heavy atom. The smallest absolute Gasteiger partial charge is 0.227 e. The number of nitriles is 1. The van der Waals surface area contributed by atoms with Gasteiger partial charge >= 0.3 is 0 Å². The number of tetrazole rings is 1. The Morgan fingerprint density at radius 2 is 1.81 bits per heavy atom. The molecule has 2 aromatic carbocycles. The average molecular weight is 413 g/mol. The Balaban J connectivity index is 1.14. The van der Waals surface area contributed by atoms with Gasteiger partial charge in [-0.1, -0.05) is 18.2 Å². The van der Waals surface area contributed by atoms with Crippen LogP contribution >= 0.6 is 0 Å². The number of benzene rings is 2. The zero-order chi connectivity index (χ0) is 21.2. The van der Waals surface area contributed by atoms with Gasteiger partial charge in [-0.25, -0.2) is 4.68 Å². The first-order valence-corrected chi connectivity index (χ1v) is 10.6. The van der Waals surface area contributed by atoms with E-state index in [1.54, 1.807) is 11.0 Å². The number of aromatic nitrogens is 4. The fourth-order valence-corrected chi connectivity index (χ4v) is 4.59. The first-order chi connectivity index (χ1) is 15.2. The van der Waals surface area contributed by atoms with Crippen molar-refractivity contribution in [1.29, 1.82) is 5.26 Å². The maximum absolute atomic E-state index is 12.8. The molecule has 0 bridgehead atoms. The molecule has 1 saturated heterocycles. The van der Waals surface area contributed by atoms with Gasteiger partial charge in [0.05, 0.1) is 23.7 Å². The maximum Gasteiger partial charge on any atom is 0.227 e. The summed E-state index contributed by atoms with van der Waals surface area (Å²) in [6, 6.07) is 16.5. The van der Waals surface area contributed by atoms with E-state index in [9.17, 15) is 4.79 Å². The SMILES string of the molecule is N#Cc1ccc2c(c1)CC(N1CCN(C(=O)Cc3ccc(-n4cnnn4)cc3)CC1)C2. The van der Waals surface area contributed by atoms with E-state index in [-0.39, 0.29) is 5.91 Å². The summed E-state index contributed by atoms with van der Waals surface area (Å²) in [5.74, 6) is 0.170. The molecule has 5 rings (SSSR count). The molecule has 1 unspecified atom stereocenters. The summed E-state index contributed by atoms with van der Waals surface area (Å²) >= 11 is 0. The van der Waals surface area contributed by atoms with Crippen LogP contribution in [-0.2, 0) is 24.1 Å². The van der Waals surface area contributed by atoms with Crippen LogP contribution < -0.4 is 0 Å². The Morgan fingerprint density at radius 3 is 2.52 bits per heavy atom. The maximum atomic E-state index is 12.8. The van der Waals surface area contributed by atoms with Crippen molar-refractivity contribution in [2.45, 2.75) is 25.3 Å². The minimum atomic E-state index is 0.170. The van der Waals surface area contributed by atoms with Crippen LogP contribution in [-0.4, -0.2) is 68.1 Å². The first-order valence-electron chi connectivity index (χ1n) is 10.6. The number of hydrogen-bond acceptors (Lipinski definition) is 6. The van der Waals surface area contributed by atoms with Gasteiger partial charge in [-0.3, -0.25) is 9.69 Å². The van der Waals surface area contributed by atoms with E-state index in [1.807, 2.05) is 41.3 Å². The Kier molecular flexibility index (Phi) is 5.18. The second-order valence-electron chi connectivity index (χ2n) is 8.17. The third kappa shape index (κ3) is 4.05. The fourth-order valence-electron chi connectivity index (χ4n) is 4.59. The van der Waals surface area contributed by atoms with Gasteiger partial charge in [0.2, 0.25) is 5.91 Å². The molecule has 8 nitrogen and oxygen atoms in total. The molecule has 1 fully saturated rings. The standard InChI is InChI=1S/C23H23N7O/c24-15-18-1-4-19-13-22(14-20(19)11-18)28-7-9-29(10-8-28)23(31)12-17-2-5-21(6-3-17)30-16-25-26-27-30/h1-6,11,16,22H,7-10,12-14H2. The zero-order valence-electron chi connectivity index (χ0n) is 17.2. The van der Waals surface area contributed by atoms with Gasteiger partial charge in [0.1, 0.15) is 6.33 Å². The molecule has 1 atom stereocenters. The summed E-state index contributed by atoms with van der Waals surface area (Å²) in [5.41, 5.74) is 5.25. The highest BCUT2D eigenvalue weighted by Crippen LogP contribution is 2.27. The highest BCUT2D eigenvalue weighted by molar-refractivity contribution is 5.79. The topological polar surface area (TPSA) is 90.9 Å². The molecule has 1 aliphatic heterocycles. The van der Waals surface area contributed by atoms with Gasteiger partial charge < -0.3 is 4.90 Å². The molecule has 156 valence electrons. The molecule has 0 N–H and O–H groups in total. The zero-order valence-corrected chi connectivity index (χ0v) is 17.2. The van der Waals surface area contributed by atoms with Crippen molar-refractivity contribution >= 4 is 5.91 Å². The minimum absolute atomic E-state index is 0.170. The highest BCUT2D eigenvalue weighted by Gasteiger charge is 2.30. The van der Waals surface area contributed by atoms with E-state index in [0.29, 0.717) is 12.5 Å². The molecule has 0 saturated carbocycles. The summed E-state index contributed by atoms with van der Waals surface area (Å²) in [7, 11) is 0. The van der Waals surface area contributed by atoms with Crippen molar-refractivity contribution in [3.63, 3.8) is 0 Å². The Bertz CT molecular complexity index is 1110. The first kappa shape index (κ1) is 19.4. The molecular weight excluding hydrogens is 390 g/mol. The van der Waals surface area contributed by atoms with Crippen molar-refractivity contribution in [2.24, 2.45) is 0 Å². The number of hydrogen-bond donors (Lipinski definition) is 0. The normalized spacial score (nSPS) is 18.5. The third-order valence-electron chi connectivity index (χ3n) is 6.34. The molecule has 0 spiro atoms. The average Bonchev–Trinajstić information content (AvgIpc) is 3.49. The molecular formula is C23H23N7O. The second kappa shape index (κ2) is 8.28. The predicted molar refractivity (Wildman–Crippen MR) is 113 cm³/mol. The van der Waals surface area contributed by atoms with E-state index >= 15 is 0 Å². The highest BCUT2D eigenvalue weighted by atomic mass is 16.2. The van der Waals surface area contributed by atoms with E-state index in [1.165, 1.54) is 11.1 Å². The number of amides is 1. The fraction of sp³-hybridized carbons (Fsp3) is 0.348.